The highest BCUT2D eigenvalue weighted by atomic mass is 35.5. The fraction of sp³-hybridized carbons (Fsp3) is 0.118. The minimum atomic E-state index is -0.787. The van der Waals surface area contributed by atoms with Crippen LogP contribution in [-0.4, -0.2) is 30.9 Å². The predicted molar refractivity (Wildman–Crippen MR) is 94.2 cm³/mol. The first kappa shape index (κ1) is 19.2. The normalized spacial score (nSPS) is 10.1. The molecule has 2 aromatic carbocycles. The van der Waals surface area contributed by atoms with Crippen LogP contribution in [0.4, 0.5) is 15.8 Å². The van der Waals surface area contributed by atoms with Crippen molar-refractivity contribution in [1.29, 1.82) is 0 Å². The number of amides is 2. The van der Waals surface area contributed by atoms with Gasteiger partial charge < -0.3 is 21.1 Å². The van der Waals surface area contributed by atoms with Gasteiger partial charge in [-0.1, -0.05) is 11.6 Å². The van der Waals surface area contributed by atoms with E-state index in [0.29, 0.717) is 10.7 Å². The molecule has 0 radical (unpaired) electrons. The average Bonchev–Trinajstić information content (AvgIpc) is 2.60. The van der Waals surface area contributed by atoms with Gasteiger partial charge in [-0.2, -0.15) is 0 Å². The molecule has 2 rings (SSSR count). The summed E-state index contributed by atoms with van der Waals surface area (Å²) in [7, 11) is 0. The minimum Gasteiger partial charge on any atom is -0.452 e. The number of rotatable bonds is 6. The molecule has 2 amide bonds. The molecule has 0 unspecified atom stereocenters. The minimum absolute atomic E-state index is 0.0799. The third-order valence-corrected chi connectivity index (χ3v) is 3.38. The molecule has 136 valence electrons. The van der Waals surface area contributed by atoms with Gasteiger partial charge in [0.25, 0.3) is 5.91 Å². The van der Waals surface area contributed by atoms with Crippen LogP contribution in [0.3, 0.4) is 0 Å². The highest BCUT2D eigenvalue weighted by Gasteiger charge is 2.14. The molecule has 2 aromatic rings. The van der Waals surface area contributed by atoms with Crippen LogP contribution in [0.1, 0.15) is 10.4 Å². The molecule has 9 heteroatoms. The first-order valence-electron chi connectivity index (χ1n) is 7.39. The van der Waals surface area contributed by atoms with Gasteiger partial charge in [0, 0.05) is 16.4 Å². The number of esters is 1. The van der Waals surface area contributed by atoms with Crippen LogP contribution in [-0.2, 0) is 14.3 Å². The fourth-order valence-electron chi connectivity index (χ4n) is 1.90. The molecule has 0 heterocycles. The standard InChI is InChI=1S/C17H15ClFN3O4/c18-10-1-6-13(14(20)7-10)17(25)26-9-16(24)21-8-15(23)22-12-4-2-11(19)3-5-12/h1-7H,8-9,20H2,(H,21,24)(H,22,23). The molecule has 0 aliphatic carbocycles. The number of ether oxygens (including phenoxy) is 1. The number of carbonyl (C=O) groups excluding carboxylic acids is 3. The van der Waals surface area contributed by atoms with Gasteiger partial charge in [0.2, 0.25) is 5.91 Å². The molecule has 26 heavy (non-hydrogen) atoms. The average molecular weight is 380 g/mol. The Labute approximate surface area is 153 Å². The van der Waals surface area contributed by atoms with Gasteiger partial charge in [-0.3, -0.25) is 9.59 Å². The van der Waals surface area contributed by atoms with Crippen molar-refractivity contribution >= 4 is 40.8 Å². The van der Waals surface area contributed by atoms with Crippen LogP contribution in [0, 0.1) is 5.82 Å². The van der Waals surface area contributed by atoms with Crippen molar-refractivity contribution in [3.63, 3.8) is 0 Å². The highest BCUT2D eigenvalue weighted by molar-refractivity contribution is 6.31. The van der Waals surface area contributed by atoms with Crippen molar-refractivity contribution in [2.45, 2.75) is 0 Å². The Balaban J connectivity index is 1.75. The van der Waals surface area contributed by atoms with Crippen molar-refractivity contribution in [3.8, 4) is 0 Å². The molecule has 7 nitrogen and oxygen atoms in total. The quantitative estimate of drug-likeness (QED) is 0.525. The van der Waals surface area contributed by atoms with E-state index in [9.17, 15) is 18.8 Å². The monoisotopic (exact) mass is 379 g/mol. The summed E-state index contributed by atoms with van der Waals surface area (Å²) in [5.74, 6) is -2.40. The van der Waals surface area contributed by atoms with Crippen LogP contribution >= 0.6 is 11.6 Å². The van der Waals surface area contributed by atoms with E-state index in [-0.39, 0.29) is 17.8 Å². The molecular formula is C17H15ClFN3O4. The maximum absolute atomic E-state index is 12.8. The Hall–Kier alpha value is -3.13. The molecule has 4 N–H and O–H groups in total. The molecule has 0 aliphatic heterocycles. The Morgan fingerprint density at radius 1 is 1.08 bits per heavy atom. The molecule has 0 bridgehead atoms. The van der Waals surface area contributed by atoms with Gasteiger partial charge in [-0.15, -0.1) is 0 Å². The maximum atomic E-state index is 12.8. The van der Waals surface area contributed by atoms with E-state index in [1.54, 1.807) is 0 Å². The van der Waals surface area contributed by atoms with E-state index < -0.39 is 30.2 Å². The summed E-state index contributed by atoms with van der Waals surface area (Å²) >= 11 is 5.73. The lowest BCUT2D eigenvalue weighted by Gasteiger charge is -2.09. The smallest absolute Gasteiger partial charge is 0.340 e. The van der Waals surface area contributed by atoms with Gasteiger partial charge in [0.05, 0.1) is 12.1 Å². The summed E-state index contributed by atoms with van der Waals surface area (Å²) in [6.45, 7) is -0.915. The predicted octanol–water partition coefficient (Wildman–Crippen LogP) is 1.97. The Bertz CT molecular complexity index is 827. The Morgan fingerprint density at radius 2 is 1.77 bits per heavy atom. The second-order valence-corrected chi connectivity index (χ2v) is 5.58. The number of hydrogen-bond acceptors (Lipinski definition) is 5. The van der Waals surface area contributed by atoms with E-state index in [2.05, 4.69) is 10.6 Å². The number of benzene rings is 2. The third kappa shape index (κ3) is 5.75. The molecular weight excluding hydrogens is 365 g/mol. The second kappa shape index (κ2) is 8.82. The molecule has 0 atom stereocenters. The SMILES string of the molecule is Nc1cc(Cl)ccc1C(=O)OCC(=O)NCC(=O)Nc1ccc(F)cc1. The zero-order chi connectivity index (χ0) is 19.1. The van der Waals surface area contributed by atoms with Gasteiger partial charge in [0.1, 0.15) is 5.82 Å². The number of nitrogens with one attached hydrogen (secondary N) is 2. The van der Waals surface area contributed by atoms with Crippen molar-refractivity contribution < 1.29 is 23.5 Å². The lowest BCUT2D eigenvalue weighted by molar-refractivity contribution is -0.126. The van der Waals surface area contributed by atoms with Crippen molar-refractivity contribution in [3.05, 3.63) is 58.9 Å². The largest absolute Gasteiger partial charge is 0.452 e. The number of halogens is 2. The summed E-state index contributed by atoms with van der Waals surface area (Å²) in [4.78, 5) is 35.2. The summed E-state index contributed by atoms with van der Waals surface area (Å²) in [5, 5.41) is 5.13. The van der Waals surface area contributed by atoms with Crippen LogP contribution < -0.4 is 16.4 Å². The van der Waals surface area contributed by atoms with E-state index >= 15 is 0 Å². The number of nitrogens with two attached hydrogens (primary N) is 1. The van der Waals surface area contributed by atoms with E-state index in [1.807, 2.05) is 0 Å². The lowest BCUT2D eigenvalue weighted by atomic mass is 10.2. The van der Waals surface area contributed by atoms with Gasteiger partial charge >= 0.3 is 5.97 Å². The zero-order valence-corrected chi connectivity index (χ0v) is 14.2. The van der Waals surface area contributed by atoms with Crippen molar-refractivity contribution in [2.24, 2.45) is 0 Å². The number of hydrogen-bond donors (Lipinski definition) is 3. The van der Waals surface area contributed by atoms with Crippen molar-refractivity contribution in [2.75, 3.05) is 24.2 Å². The zero-order valence-electron chi connectivity index (χ0n) is 13.4. The first-order chi connectivity index (χ1) is 12.3. The molecule has 0 spiro atoms. The summed E-state index contributed by atoms with van der Waals surface area (Å²) in [6, 6.07) is 9.38. The fourth-order valence-corrected chi connectivity index (χ4v) is 2.08. The van der Waals surface area contributed by atoms with E-state index in [0.717, 1.165) is 0 Å². The third-order valence-electron chi connectivity index (χ3n) is 3.14. The number of anilines is 2. The summed E-state index contributed by atoms with van der Waals surface area (Å²) < 4.78 is 17.6. The molecule has 0 saturated heterocycles. The number of carbonyl (C=O) groups is 3. The van der Waals surface area contributed by atoms with Gasteiger partial charge in [-0.25, -0.2) is 9.18 Å². The van der Waals surface area contributed by atoms with E-state index in [4.69, 9.17) is 22.1 Å². The molecule has 0 aliphatic rings. The van der Waals surface area contributed by atoms with Crippen LogP contribution in [0.15, 0.2) is 42.5 Å². The van der Waals surface area contributed by atoms with Crippen molar-refractivity contribution in [1.82, 2.24) is 5.32 Å². The van der Waals surface area contributed by atoms with Crippen LogP contribution in [0.25, 0.3) is 0 Å². The van der Waals surface area contributed by atoms with E-state index in [1.165, 1.54) is 42.5 Å². The Morgan fingerprint density at radius 3 is 2.42 bits per heavy atom. The van der Waals surface area contributed by atoms with Gasteiger partial charge in [0.15, 0.2) is 6.61 Å². The first-order valence-corrected chi connectivity index (χ1v) is 7.77. The Kier molecular flexibility index (Phi) is 6.51. The molecule has 0 fully saturated rings. The summed E-state index contributed by atoms with van der Waals surface area (Å²) in [6.07, 6.45) is 0. The van der Waals surface area contributed by atoms with Crippen LogP contribution in [0.2, 0.25) is 5.02 Å². The topological polar surface area (TPSA) is 111 Å². The summed E-state index contributed by atoms with van der Waals surface area (Å²) in [5.41, 5.74) is 6.24. The highest BCUT2D eigenvalue weighted by Crippen LogP contribution is 2.18. The molecule has 0 saturated carbocycles. The second-order valence-electron chi connectivity index (χ2n) is 5.14. The lowest BCUT2D eigenvalue weighted by Crippen LogP contribution is -2.35. The van der Waals surface area contributed by atoms with Crippen LogP contribution in [0.5, 0.6) is 0 Å². The molecule has 0 aromatic heterocycles. The maximum Gasteiger partial charge on any atom is 0.340 e. The number of nitrogen functional groups attached to an aromatic ring is 1. The van der Waals surface area contributed by atoms with Gasteiger partial charge in [-0.05, 0) is 42.5 Å².